The molecule has 0 radical (unpaired) electrons. The lowest BCUT2D eigenvalue weighted by Gasteiger charge is -2.28. The monoisotopic (exact) mass is 262 g/mol. The van der Waals surface area contributed by atoms with Crippen LogP contribution in [0.4, 0.5) is 0 Å². The minimum atomic E-state index is -3.31. The van der Waals surface area contributed by atoms with E-state index in [0.29, 0.717) is 19.6 Å². The topological polar surface area (TPSA) is 69.6 Å². The van der Waals surface area contributed by atoms with Gasteiger partial charge < -0.3 is 5.11 Å². The molecule has 1 aliphatic heterocycles. The van der Waals surface area contributed by atoms with Crippen LogP contribution in [0.25, 0.3) is 0 Å². The van der Waals surface area contributed by atoms with Gasteiger partial charge in [-0.3, -0.25) is 0 Å². The van der Waals surface area contributed by atoms with Crippen LogP contribution in [0.2, 0.25) is 0 Å². The van der Waals surface area contributed by atoms with E-state index in [4.69, 9.17) is 0 Å². The molecule has 1 aliphatic carbocycles. The summed E-state index contributed by atoms with van der Waals surface area (Å²) in [6.45, 7) is 1.63. The van der Waals surface area contributed by atoms with Gasteiger partial charge in [-0.25, -0.2) is 4.72 Å². The van der Waals surface area contributed by atoms with E-state index in [1.165, 1.54) is 4.31 Å². The first-order valence-corrected chi connectivity index (χ1v) is 7.96. The maximum absolute atomic E-state index is 11.9. The summed E-state index contributed by atoms with van der Waals surface area (Å²) in [6.07, 6.45) is 5.42. The van der Waals surface area contributed by atoms with Gasteiger partial charge in [0.1, 0.15) is 0 Å². The normalized spacial score (nSPS) is 31.8. The highest BCUT2D eigenvalue weighted by Gasteiger charge is 2.28. The summed E-state index contributed by atoms with van der Waals surface area (Å²) >= 11 is 0. The Labute approximate surface area is 103 Å². The molecule has 2 fully saturated rings. The van der Waals surface area contributed by atoms with Crippen molar-refractivity contribution >= 4 is 10.2 Å². The standard InChI is InChI=1S/C11H22N2O3S/c14-11-6-2-1-5-10(11)9-12-17(15,16)13-7-3-4-8-13/h10-12,14H,1-9H2. The minimum Gasteiger partial charge on any atom is -0.393 e. The van der Waals surface area contributed by atoms with Crippen LogP contribution < -0.4 is 4.72 Å². The van der Waals surface area contributed by atoms with Crippen LogP contribution >= 0.6 is 0 Å². The molecule has 0 bridgehead atoms. The molecule has 0 aromatic rings. The van der Waals surface area contributed by atoms with Crippen molar-refractivity contribution in [2.75, 3.05) is 19.6 Å². The Hall–Kier alpha value is -0.170. The van der Waals surface area contributed by atoms with Crippen LogP contribution in [0.15, 0.2) is 0 Å². The number of aliphatic hydroxyl groups excluding tert-OH is 1. The average molecular weight is 262 g/mol. The minimum absolute atomic E-state index is 0.0844. The van der Waals surface area contributed by atoms with E-state index in [-0.39, 0.29) is 12.0 Å². The molecule has 0 aromatic carbocycles. The SMILES string of the molecule is O=S(=O)(NCC1CCCCC1O)N1CCCC1. The van der Waals surface area contributed by atoms with Gasteiger partial charge in [0, 0.05) is 19.6 Å². The second kappa shape index (κ2) is 5.65. The fraction of sp³-hybridized carbons (Fsp3) is 1.00. The van der Waals surface area contributed by atoms with Crippen LogP contribution in [0.3, 0.4) is 0 Å². The van der Waals surface area contributed by atoms with E-state index in [2.05, 4.69) is 4.72 Å². The highest BCUT2D eigenvalue weighted by Crippen LogP contribution is 2.24. The van der Waals surface area contributed by atoms with E-state index in [1.807, 2.05) is 0 Å². The third kappa shape index (κ3) is 3.40. The van der Waals surface area contributed by atoms with Crippen molar-refractivity contribution in [1.82, 2.24) is 9.03 Å². The van der Waals surface area contributed by atoms with Gasteiger partial charge in [-0.2, -0.15) is 12.7 Å². The van der Waals surface area contributed by atoms with E-state index in [1.54, 1.807) is 0 Å². The number of aliphatic hydroxyl groups is 1. The zero-order valence-electron chi connectivity index (χ0n) is 10.1. The number of nitrogens with zero attached hydrogens (tertiary/aromatic N) is 1. The van der Waals surface area contributed by atoms with Gasteiger partial charge in [0.2, 0.25) is 0 Å². The van der Waals surface area contributed by atoms with E-state index >= 15 is 0 Å². The molecule has 2 rings (SSSR count). The highest BCUT2D eigenvalue weighted by molar-refractivity contribution is 7.87. The van der Waals surface area contributed by atoms with E-state index in [9.17, 15) is 13.5 Å². The molecule has 0 spiro atoms. The van der Waals surface area contributed by atoms with Crippen molar-refractivity contribution in [3.8, 4) is 0 Å². The van der Waals surface area contributed by atoms with E-state index < -0.39 is 10.2 Å². The van der Waals surface area contributed by atoms with Crippen LogP contribution in [-0.4, -0.2) is 43.6 Å². The summed E-state index contributed by atoms with van der Waals surface area (Å²) in [5.74, 6) is 0.0844. The van der Waals surface area contributed by atoms with Crippen LogP contribution in [-0.2, 0) is 10.2 Å². The van der Waals surface area contributed by atoms with Gasteiger partial charge in [0.25, 0.3) is 10.2 Å². The smallest absolute Gasteiger partial charge is 0.279 e. The number of rotatable bonds is 4. The lowest BCUT2D eigenvalue weighted by Crippen LogP contribution is -2.43. The van der Waals surface area contributed by atoms with Gasteiger partial charge in [0.15, 0.2) is 0 Å². The molecule has 100 valence electrons. The molecule has 17 heavy (non-hydrogen) atoms. The Bertz CT molecular complexity index is 339. The quantitative estimate of drug-likeness (QED) is 0.773. The summed E-state index contributed by atoms with van der Waals surface area (Å²) in [5, 5.41) is 9.78. The maximum atomic E-state index is 11.9. The third-order valence-electron chi connectivity index (χ3n) is 3.80. The fourth-order valence-corrected chi connectivity index (χ4v) is 4.00. The zero-order valence-corrected chi connectivity index (χ0v) is 11.0. The molecule has 1 heterocycles. The van der Waals surface area contributed by atoms with Crippen molar-refractivity contribution in [3.05, 3.63) is 0 Å². The fourth-order valence-electron chi connectivity index (χ4n) is 2.66. The second-order valence-electron chi connectivity index (χ2n) is 5.07. The lowest BCUT2D eigenvalue weighted by molar-refractivity contribution is 0.0723. The summed E-state index contributed by atoms with van der Waals surface area (Å²) in [5.41, 5.74) is 0. The molecule has 6 heteroatoms. The molecular weight excluding hydrogens is 240 g/mol. The van der Waals surface area contributed by atoms with Crippen molar-refractivity contribution < 1.29 is 13.5 Å². The Morgan fingerprint density at radius 2 is 1.76 bits per heavy atom. The van der Waals surface area contributed by atoms with Crippen molar-refractivity contribution in [3.63, 3.8) is 0 Å². The predicted molar refractivity (Wildman–Crippen MR) is 65.7 cm³/mol. The van der Waals surface area contributed by atoms with Gasteiger partial charge in [-0.05, 0) is 31.6 Å². The van der Waals surface area contributed by atoms with Crippen LogP contribution in [0.1, 0.15) is 38.5 Å². The van der Waals surface area contributed by atoms with Crippen LogP contribution in [0.5, 0.6) is 0 Å². The van der Waals surface area contributed by atoms with Gasteiger partial charge >= 0.3 is 0 Å². The zero-order chi connectivity index (χ0) is 12.3. The maximum Gasteiger partial charge on any atom is 0.279 e. The number of nitrogens with one attached hydrogen (secondary N) is 1. The first kappa shape index (κ1) is 13.3. The average Bonchev–Trinajstić information content (AvgIpc) is 2.82. The first-order chi connectivity index (χ1) is 8.09. The largest absolute Gasteiger partial charge is 0.393 e. The molecule has 2 atom stereocenters. The molecule has 1 saturated carbocycles. The van der Waals surface area contributed by atoms with Crippen molar-refractivity contribution in [2.24, 2.45) is 5.92 Å². The Morgan fingerprint density at radius 1 is 1.12 bits per heavy atom. The van der Waals surface area contributed by atoms with Gasteiger partial charge in [-0.15, -0.1) is 0 Å². The Morgan fingerprint density at radius 3 is 2.41 bits per heavy atom. The van der Waals surface area contributed by atoms with Crippen LogP contribution in [0, 0.1) is 5.92 Å². The first-order valence-electron chi connectivity index (χ1n) is 6.52. The number of hydrogen-bond donors (Lipinski definition) is 2. The van der Waals surface area contributed by atoms with E-state index in [0.717, 1.165) is 38.5 Å². The molecule has 2 unspecified atom stereocenters. The molecule has 5 nitrogen and oxygen atoms in total. The number of hydrogen-bond acceptors (Lipinski definition) is 3. The molecule has 2 N–H and O–H groups in total. The summed E-state index contributed by atoms with van der Waals surface area (Å²) < 4.78 is 28.0. The summed E-state index contributed by atoms with van der Waals surface area (Å²) in [6, 6.07) is 0. The van der Waals surface area contributed by atoms with Gasteiger partial charge in [-0.1, -0.05) is 12.8 Å². The Balaban J connectivity index is 1.84. The van der Waals surface area contributed by atoms with Crippen molar-refractivity contribution in [1.29, 1.82) is 0 Å². The third-order valence-corrected chi connectivity index (χ3v) is 5.38. The van der Waals surface area contributed by atoms with Crippen molar-refractivity contribution in [2.45, 2.75) is 44.6 Å². The lowest BCUT2D eigenvalue weighted by atomic mass is 9.87. The molecule has 0 amide bonds. The molecule has 0 aromatic heterocycles. The second-order valence-corrected chi connectivity index (χ2v) is 6.83. The molecular formula is C11H22N2O3S. The molecule has 1 saturated heterocycles. The molecule has 2 aliphatic rings. The summed E-state index contributed by atoms with van der Waals surface area (Å²) in [4.78, 5) is 0. The predicted octanol–water partition coefficient (Wildman–Crippen LogP) is 0.468. The summed E-state index contributed by atoms with van der Waals surface area (Å²) in [7, 11) is -3.31. The Kier molecular flexibility index (Phi) is 4.41. The van der Waals surface area contributed by atoms with Gasteiger partial charge in [0.05, 0.1) is 6.10 Å². The highest BCUT2D eigenvalue weighted by atomic mass is 32.2.